The Balaban J connectivity index is 1.76. The van der Waals surface area contributed by atoms with Gasteiger partial charge in [0.15, 0.2) is 0 Å². The lowest BCUT2D eigenvalue weighted by Crippen LogP contribution is -2.30. The van der Waals surface area contributed by atoms with Gasteiger partial charge in [0.05, 0.1) is 5.56 Å². The quantitative estimate of drug-likeness (QED) is 0.722. The molecule has 0 atom stereocenters. The largest absolute Gasteiger partial charge is 0.435 e. The van der Waals surface area contributed by atoms with E-state index in [-0.39, 0.29) is 12.3 Å². The van der Waals surface area contributed by atoms with E-state index >= 15 is 0 Å². The van der Waals surface area contributed by atoms with Crippen LogP contribution >= 0.6 is 0 Å². The van der Waals surface area contributed by atoms with Gasteiger partial charge in [-0.3, -0.25) is 0 Å². The normalized spacial score (nSPS) is 11.3. The zero-order valence-corrected chi connectivity index (χ0v) is 13.3. The number of rotatable bonds is 6. The maximum atomic E-state index is 12.5. The highest BCUT2D eigenvalue weighted by molar-refractivity contribution is 5.89. The van der Waals surface area contributed by atoms with Crippen molar-refractivity contribution in [3.8, 4) is 5.75 Å². The van der Waals surface area contributed by atoms with E-state index in [4.69, 9.17) is 0 Å². The standard InChI is InChI=1S/C17H15F5N2O2/c18-15(19)26-14-7-5-13(6-8-14)24-16(25)23-10-9-11-1-3-12(4-2-11)17(20,21)22/h1-8,15H,9-10H2,(H2,23,24,25). The number of urea groups is 1. The van der Waals surface area contributed by atoms with Gasteiger partial charge in [-0.2, -0.15) is 22.0 Å². The number of hydrogen-bond acceptors (Lipinski definition) is 2. The molecule has 9 heteroatoms. The first kappa shape index (κ1) is 19.5. The molecular weight excluding hydrogens is 359 g/mol. The average molecular weight is 374 g/mol. The summed E-state index contributed by atoms with van der Waals surface area (Å²) in [5.74, 6) is -0.0340. The molecule has 0 aromatic heterocycles. The fraction of sp³-hybridized carbons (Fsp3) is 0.235. The second-order valence-corrected chi connectivity index (χ2v) is 5.23. The number of alkyl halides is 5. The zero-order chi connectivity index (χ0) is 19.2. The van der Waals surface area contributed by atoms with Gasteiger partial charge in [0.1, 0.15) is 5.75 Å². The van der Waals surface area contributed by atoms with Crippen LogP contribution in [-0.4, -0.2) is 19.2 Å². The first-order valence-electron chi connectivity index (χ1n) is 7.50. The lowest BCUT2D eigenvalue weighted by atomic mass is 10.1. The topological polar surface area (TPSA) is 50.4 Å². The van der Waals surface area contributed by atoms with Crippen molar-refractivity contribution in [2.75, 3.05) is 11.9 Å². The molecule has 0 aliphatic rings. The minimum atomic E-state index is -4.38. The molecule has 2 rings (SSSR count). The summed E-state index contributed by atoms with van der Waals surface area (Å²) in [5.41, 5.74) is 0.289. The number of nitrogens with one attached hydrogen (secondary N) is 2. The summed E-state index contributed by atoms with van der Waals surface area (Å²) < 4.78 is 65.6. The highest BCUT2D eigenvalue weighted by atomic mass is 19.4. The van der Waals surface area contributed by atoms with Gasteiger partial charge in [-0.25, -0.2) is 4.79 Å². The summed E-state index contributed by atoms with van der Waals surface area (Å²) in [6, 6.07) is 9.50. The van der Waals surface area contributed by atoms with Crippen molar-refractivity contribution >= 4 is 11.7 Å². The maximum absolute atomic E-state index is 12.5. The molecule has 0 heterocycles. The average Bonchev–Trinajstić information content (AvgIpc) is 2.56. The van der Waals surface area contributed by atoms with E-state index in [1.54, 1.807) is 0 Å². The Labute approximate surface area is 146 Å². The summed E-state index contributed by atoms with van der Waals surface area (Å²) in [6.45, 7) is -2.72. The fourth-order valence-corrected chi connectivity index (χ4v) is 2.08. The van der Waals surface area contributed by atoms with Crippen LogP contribution in [0.5, 0.6) is 5.75 Å². The third kappa shape index (κ3) is 6.23. The third-order valence-corrected chi connectivity index (χ3v) is 3.32. The molecule has 26 heavy (non-hydrogen) atoms. The highest BCUT2D eigenvalue weighted by Crippen LogP contribution is 2.29. The summed E-state index contributed by atoms with van der Waals surface area (Å²) in [7, 11) is 0. The van der Waals surface area contributed by atoms with Gasteiger partial charge in [0, 0.05) is 12.2 Å². The third-order valence-electron chi connectivity index (χ3n) is 3.32. The minimum absolute atomic E-state index is 0.0340. The molecule has 0 aliphatic heterocycles. The van der Waals surface area contributed by atoms with Crippen LogP contribution in [0.4, 0.5) is 32.4 Å². The van der Waals surface area contributed by atoms with E-state index in [2.05, 4.69) is 15.4 Å². The lowest BCUT2D eigenvalue weighted by Gasteiger charge is -2.10. The minimum Gasteiger partial charge on any atom is -0.435 e. The fourth-order valence-electron chi connectivity index (χ4n) is 2.08. The second-order valence-electron chi connectivity index (χ2n) is 5.23. The summed E-state index contributed by atoms with van der Waals surface area (Å²) in [5, 5.41) is 5.04. The number of halogens is 5. The Morgan fingerprint density at radius 3 is 2.15 bits per heavy atom. The molecule has 0 fully saturated rings. The van der Waals surface area contributed by atoms with E-state index < -0.39 is 24.4 Å². The smallest absolute Gasteiger partial charge is 0.416 e. The zero-order valence-electron chi connectivity index (χ0n) is 13.3. The number of ether oxygens (including phenoxy) is 1. The first-order chi connectivity index (χ1) is 12.2. The van der Waals surface area contributed by atoms with E-state index in [1.165, 1.54) is 36.4 Å². The Bertz CT molecular complexity index is 715. The molecule has 140 valence electrons. The maximum Gasteiger partial charge on any atom is 0.416 e. The molecule has 2 aromatic carbocycles. The Hall–Kier alpha value is -2.84. The predicted octanol–water partition coefficient (Wildman–Crippen LogP) is 4.67. The molecule has 0 saturated carbocycles. The van der Waals surface area contributed by atoms with Crippen LogP contribution in [-0.2, 0) is 12.6 Å². The van der Waals surface area contributed by atoms with Crippen molar-refractivity contribution in [3.05, 3.63) is 59.7 Å². The van der Waals surface area contributed by atoms with Crippen molar-refractivity contribution in [2.45, 2.75) is 19.2 Å². The van der Waals surface area contributed by atoms with Gasteiger partial charge < -0.3 is 15.4 Å². The van der Waals surface area contributed by atoms with Crippen LogP contribution in [0.15, 0.2) is 48.5 Å². The molecule has 2 amide bonds. The van der Waals surface area contributed by atoms with Crippen molar-refractivity contribution in [1.29, 1.82) is 0 Å². The predicted molar refractivity (Wildman–Crippen MR) is 85.2 cm³/mol. The number of hydrogen-bond donors (Lipinski definition) is 2. The SMILES string of the molecule is O=C(NCCc1ccc(C(F)(F)F)cc1)Nc1ccc(OC(F)F)cc1. The van der Waals surface area contributed by atoms with Gasteiger partial charge in [0.2, 0.25) is 0 Å². The molecular formula is C17H15F5N2O2. The highest BCUT2D eigenvalue weighted by Gasteiger charge is 2.29. The molecule has 0 bridgehead atoms. The van der Waals surface area contributed by atoms with E-state index in [0.717, 1.165) is 12.1 Å². The lowest BCUT2D eigenvalue weighted by molar-refractivity contribution is -0.137. The summed E-state index contributed by atoms with van der Waals surface area (Å²) >= 11 is 0. The van der Waals surface area contributed by atoms with Crippen LogP contribution in [0.3, 0.4) is 0 Å². The number of carbonyl (C=O) groups is 1. The van der Waals surface area contributed by atoms with Crippen molar-refractivity contribution in [3.63, 3.8) is 0 Å². The van der Waals surface area contributed by atoms with Crippen LogP contribution in [0, 0.1) is 0 Å². The van der Waals surface area contributed by atoms with E-state index in [1.807, 2.05) is 0 Å². The van der Waals surface area contributed by atoms with Crippen LogP contribution in [0.1, 0.15) is 11.1 Å². The molecule has 4 nitrogen and oxygen atoms in total. The van der Waals surface area contributed by atoms with Crippen molar-refractivity contribution in [2.24, 2.45) is 0 Å². The molecule has 0 spiro atoms. The van der Waals surface area contributed by atoms with E-state index in [0.29, 0.717) is 17.7 Å². The Kier molecular flexibility index (Phi) is 6.37. The molecule has 2 aromatic rings. The van der Waals surface area contributed by atoms with E-state index in [9.17, 15) is 26.7 Å². The van der Waals surface area contributed by atoms with Crippen LogP contribution < -0.4 is 15.4 Å². The number of carbonyl (C=O) groups excluding carboxylic acids is 1. The van der Waals surface area contributed by atoms with Gasteiger partial charge in [-0.15, -0.1) is 0 Å². The molecule has 0 saturated heterocycles. The molecule has 2 N–H and O–H groups in total. The summed E-state index contributed by atoms with van der Waals surface area (Å²) in [6.07, 6.45) is -4.03. The second kappa shape index (κ2) is 8.50. The van der Waals surface area contributed by atoms with Crippen molar-refractivity contribution in [1.82, 2.24) is 5.32 Å². The van der Waals surface area contributed by atoms with Crippen LogP contribution in [0.25, 0.3) is 0 Å². The van der Waals surface area contributed by atoms with Gasteiger partial charge in [-0.1, -0.05) is 12.1 Å². The van der Waals surface area contributed by atoms with Gasteiger partial charge in [0.25, 0.3) is 0 Å². The molecule has 0 radical (unpaired) electrons. The van der Waals surface area contributed by atoms with Gasteiger partial charge >= 0.3 is 18.8 Å². The molecule has 0 unspecified atom stereocenters. The van der Waals surface area contributed by atoms with Crippen LogP contribution in [0.2, 0.25) is 0 Å². The van der Waals surface area contributed by atoms with Crippen molar-refractivity contribution < 1.29 is 31.5 Å². The Morgan fingerprint density at radius 1 is 1.00 bits per heavy atom. The van der Waals surface area contributed by atoms with Gasteiger partial charge in [-0.05, 0) is 48.4 Å². The number of amides is 2. The number of anilines is 1. The monoisotopic (exact) mass is 374 g/mol. The summed E-state index contributed by atoms with van der Waals surface area (Å²) in [4.78, 5) is 11.7. The molecule has 0 aliphatic carbocycles. The number of benzene rings is 2. The first-order valence-corrected chi connectivity index (χ1v) is 7.50. The Morgan fingerprint density at radius 2 is 1.62 bits per heavy atom.